The van der Waals surface area contributed by atoms with Crippen molar-refractivity contribution < 1.29 is 19.4 Å². The van der Waals surface area contributed by atoms with E-state index in [1.807, 2.05) is 0 Å². The number of fused-ring (bicyclic) bond motifs is 1. The van der Waals surface area contributed by atoms with E-state index in [9.17, 15) is 14.7 Å². The molecule has 0 saturated carbocycles. The average Bonchev–Trinajstić information content (AvgIpc) is 3.00. The summed E-state index contributed by atoms with van der Waals surface area (Å²) in [5, 5.41) is 9.62. The number of allylic oxidation sites excluding steroid dienone is 1. The van der Waals surface area contributed by atoms with Gasteiger partial charge in [0.05, 0.1) is 6.61 Å². The molecule has 0 bridgehead atoms. The van der Waals surface area contributed by atoms with Crippen molar-refractivity contribution in [3.63, 3.8) is 0 Å². The van der Waals surface area contributed by atoms with Crippen LogP contribution in [0, 0.1) is 0 Å². The second-order valence-corrected chi connectivity index (χ2v) is 5.01. The zero-order valence-electron chi connectivity index (χ0n) is 12.1. The number of aromatic amines is 1. The van der Waals surface area contributed by atoms with E-state index in [-0.39, 0.29) is 23.7 Å². The summed E-state index contributed by atoms with van der Waals surface area (Å²) >= 11 is 0. The molecule has 2 aromatic rings. The zero-order valence-corrected chi connectivity index (χ0v) is 12.1. The second kappa shape index (κ2) is 5.52. The molecule has 0 radical (unpaired) electrons. The number of nitrogens with one attached hydrogen (secondary N) is 1. The molecule has 5 heteroatoms. The molecule has 5 nitrogen and oxygen atoms in total. The van der Waals surface area contributed by atoms with Crippen molar-refractivity contribution in [1.82, 2.24) is 4.98 Å². The van der Waals surface area contributed by atoms with Crippen molar-refractivity contribution in [3.8, 4) is 5.75 Å². The van der Waals surface area contributed by atoms with Gasteiger partial charge < -0.3 is 14.8 Å². The van der Waals surface area contributed by atoms with E-state index in [1.165, 1.54) is 12.1 Å². The van der Waals surface area contributed by atoms with Crippen LogP contribution in [-0.2, 0) is 16.0 Å². The molecule has 0 unspecified atom stereocenters. The highest BCUT2D eigenvalue weighted by atomic mass is 16.5. The van der Waals surface area contributed by atoms with Gasteiger partial charge in [0.25, 0.3) is 0 Å². The van der Waals surface area contributed by atoms with E-state index in [1.54, 1.807) is 31.3 Å². The van der Waals surface area contributed by atoms with Gasteiger partial charge >= 0.3 is 5.97 Å². The number of hydrogen-bond acceptors (Lipinski definition) is 4. The first-order valence-electron chi connectivity index (χ1n) is 7.02. The van der Waals surface area contributed by atoms with Crippen molar-refractivity contribution in [2.24, 2.45) is 0 Å². The van der Waals surface area contributed by atoms with E-state index in [0.29, 0.717) is 28.8 Å². The van der Waals surface area contributed by atoms with Crippen molar-refractivity contribution in [2.75, 3.05) is 6.61 Å². The maximum atomic E-state index is 12.7. The van der Waals surface area contributed by atoms with Gasteiger partial charge in [-0.2, -0.15) is 0 Å². The minimum atomic E-state index is -0.615. The summed E-state index contributed by atoms with van der Waals surface area (Å²) in [5.41, 5.74) is 2.47. The number of phenolic OH excluding ortho intramolecular Hbond substituents is 1. The van der Waals surface area contributed by atoms with Gasteiger partial charge in [-0.15, -0.1) is 0 Å². The summed E-state index contributed by atoms with van der Waals surface area (Å²) in [5.74, 6) is -0.892. The third-order valence-electron chi connectivity index (χ3n) is 3.63. The van der Waals surface area contributed by atoms with E-state index in [4.69, 9.17) is 4.74 Å². The molecule has 1 aliphatic carbocycles. The van der Waals surface area contributed by atoms with Crippen LogP contribution in [0.5, 0.6) is 5.75 Å². The maximum Gasteiger partial charge on any atom is 0.342 e. The molecule has 0 aliphatic heterocycles. The Hall–Kier alpha value is -2.82. The first-order chi connectivity index (χ1) is 10.6. The quantitative estimate of drug-likeness (QED) is 0.674. The van der Waals surface area contributed by atoms with Crippen LogP contribution in [0.4, 0.5) is 0 Å². The highest BCUT2D eigenvalue weighted by Gasteiger charge is 2.32. The fraction of sp³-hybridized carbons (Fsp3) is 0.176. The summed E-state index contributed by atoms with van der Waals surface area (Å²) in [6, 6.07) is 8.14. The summed E-state index contributed by atoms with van der Waals surface area (Å²) in [4.78, 5) is 27.9. The predicted molar refractivity (Wildman–Crippen MR) is 80.5 cm³/mol. The average molecular weight is 297 g/mol. The molecular weight excluding hydrogens is 282 g/mol. The normalized spacial score (nSPS) is 14.0. The van der Waals surface area contributed by atoms with Gasteiger partial charge in [0.2, 0.25) is 5.78 Å². The number of benzene rings is 1. The number of esters is 1. The Morgan fingerprint density at radius 2 is 2.18 bits per heavy atom. The summed E-state index contributed by atoms with van der Waals surface area (Å²) < 4.78 is 5.04. The first kappa shape index (κ1) is 14.1. The second-order valence-electron chi connectivity index (χ2n) is 5.01. The first-order valence-corrected chi connectivity index (χ1v) is 7.02. The van der Waals surface area contributed by atoms with Crippen LogP contribution in [-0.4, -0.2) is 28.4 Å². The number of Topliss-reactive ketones (excluding diaryl/α,β-unsaturated/α-hetero) is 1. The Balaban J connectivity index is 2.17. The minimum absolute atomic E-state index is 0.0579. The molecule has 3 rings (SSSR count). The van der Waals surface area contributed by atoms with Gasteiger partial charge in [0.15, 0.2) is 0 Å². The van der Waals surface area contributed by atoms with Gasteiger partial charge in [0.1, 0.15) is 11.3 Å². The topological polar surface area (TPSA) is 79.4 Å². The number of carbonyl (C=O) groups excluding carboxylic acids is 2. The molecule has 0 spiro atoms. The van der Waals surface area contributed by atoms with Crippen molar-refractivity contribution in [1.29, 1.82) is 0 Å². The maximum absolute atomic E-state index is 12.7. The molecule has 1 heterocycles. The van der Waals surface area contributed by atoms with Crippen LogP contribution < -0.4 is 0 Å². The smallest absolute Gasteiger partial charge is 0.342 e. The van der Waals surface area contributed by atoms with Crippen LogP contribution in [0.1, 0.15) is 28.5 Å². The number of phenols is 1. The largest absolute Gasteiger partial charge is 0.508 e. The Morgan fingerprint density at radius 3 is 2.86 bits per heavy atom. The molecule has 22 heavy (non-hydrogen) atoms. The molecule has 1 aromatic carbocycles. The lowest BCUT2D eigenvalue weighted by molar-refractivity contribution is -0.138. The summed E-state index contributed by atoms with van der Waals surface area (Å²) in [7, 11) is 0. The van der Waals surface area contributed by atoms with Crippen LogP contribution in [0.25, 0.3) is 5.57 Å². The van der Waals surface area contributed by atoms with Crippen molar-refractivity contribution in [3.05, 3.63) is 58.9 Å². The van der Waals surface area contributed by atoms with Crippen molar-refractivity contribution >= 4 is 17.3 Å². The number of H-pyrrole nitrogens is 1. The number of ether oxygens (including phenoxy) is 1. The highest BCUT2D eigenvalue weighted by Crippen LogP contribution is 2.33. The minimum Gasteiger partial charge on any atom is -0.508 e. The Labute approximate surface area is 127 Å². The van der Waals surface area contributed by atoms with Crippen LogP contribution in [0.2, 0.25) is 0 Å². The van der Waals surface area contributed by atoms with E-state index >= 15 is 0 Å². The lowest BCUT2D eigenvalue weighted by Gasteiger charge is -2.20. The van der Waals surface area contributed by atoms with Gasteiger partial charge in [-0.1, -0.05) is 0 Å². The third-order valence-corrected chi connectivity index (χ3v) is 3.63. The lowest BCUT2D eigenvalue weighted by Crippen LogP contribution is -2.23. The molecule has 2 N–H and O–H groups in total. The monoisotopic (exact) mass is 297 g/mol. The molecular formula is C17H15NO4. The molecule has 0 saturated heterocycles. The summed E-state index contributed by atoms with van der Waals surface area (Å²) in [6.07, 6.45) is 2.11. The van der Waals surface area contributed by atoms with Crippen LogP contribution >= 0.6 is 0 Å². The molecule has 0 amide bonds. The third kappa shape index (κ3) is 2.30. The Morgan fingerprint density at radius 1 is 1.36 bits per heavy atom. The SMILES string of the molecule is CCOC(=O)C1=C(c2ccc[nH]2)Cc2cc(O)ccc2C1=O. The Kier molecular flexibility index (Phi) is 3.55. The number of carbonyl (C=O) groups is 2. The number of aromatic hydroxyl groups is 1. The van der Waals surface area contributed by atoms with Crippen LogP contribution in [0.15, 0.2) is 42.1 Å². The summed E-state index contributed by atoms with van der Waals surface area (Å²) in [6.45, 7) is 1.90. The molecule has 1 aliphatic rings. The van der Waals surface area contributed by atoms with Gasteiger partial charge in [-0.05, 0) is 48.4 Å². The molecule has 112 valence electrons. The van der Waals surface area contributed by atoms with Gasteiger partial charge in [-0.3, -0.25) is 4.79 Å². The fourth-order valence-corrected chi connectivity index (χ4v) is 2.67. The highest BCUT2D eigenvalue weighted by molar-refractivity contribution is 6.30. The Bertz CT molecular complexity index is 772. The fourth-order valence-electron chi connectivity index (χ4n) is 2.67. The van der Waals surface area contributed by atoms with Crippen molar-refractivity contribution in [2.45, 2.75) is 13.3 Å². The standard InChI is InChI=1S/C17H15NO4/c1-2-22-17(21)15-13(14-4-3-7-18-14)9-10-8-11(19)5-6-12(10)16(15)20/h3-8,18-19H,2,9H2,1H3. The van der Waals surface area contributed by atoms with E-state index in [0.717, 1.165) is 0 Å². The zero-order chi connectivity index (χ0) is 15.7. The molecule has 0 fully saturated rings. The number of ketones is 1. The number of hydrogen-bond donors (Lipinski definition) is 2. The predicted octanol–water partition coefficient (Wildman–Crippen LogP) is 2.48. The molecule has 1 aromatic heterocycles. The van der Waals surface area contributed by atoms with E-state index < -0.39 is 5.97 Å². The van der Waals surface area contributed by atoms with Crippen LogP contribution in [0.3, 0.4) is 0 Å². The molecule has 0 atom stereocenters. The number of rotatable bonds is 3. The number of aromatic nitrogens is 1. The van der Waals surface area contributed by atoms with Gasteiger partial charge in [-0.25, -0.2) is 4.79 Å². The lowest BCUT2D eigenvalue weighted by atomic mass is 9.83. The van der Waals surface area contributed by atoms with Gasteiger partial charge in [0, 0.05) is 23.9 Å². The van der Waals surface area contributed by atoms with E-state index in [2.05, 4.69) is 4.98 Å².